The number of hydrogen-bond donors (Lipinski definition) is 1. The minimum absolute atomic E-state index is 0.110. The van der Waals surface area contributed by atoms with E-state index in [1.807, 2.05) is 25.1 Å². The maximum Gasteiger partial charge on any atom is 0.223 e. The van der Waals surface area contributed by atoms with Gasteiger partial charge >= 0.3 is 0 Å². The van der Waals surface area contributed by atoms with Crippen molar-refractivity contribution in [1.82, 2.24) is 10.2 Å². The molecule has 18 heavy (non-hydrogen) atoms. The molecule has 0 aliphatic rings. The highest BCUT2D eigenvalue weighted by Gasteiger charge is 2.08. The van der Waals surface area contributed by atoms with E-state index in [0.717, 1.165) is 12.1 Å². The van der Waals surface area contributed by atoms with Gasteiger partial charge in [0.1, 0.15) is 0 Å². The highest BCUT2D eigenvalue weighted by Crippen LogP contribution is 2.07. The predicted molar refractivity (Wildman–Crippen MR) is 70.8 cm³/mol. The molecule has 0 aliphatic heterocycles. The van der Waals surface area contributed by atoms with Crippen molar-refractivity contribution in [3.8, 4) is 6.07 Å². The number of carbonyl (C=O) groups is 1. The standard InChI is InChI=1S/C14H19N3O/c1-3-16-8-7-14(18)17(2)11-13-6-4-5-12(9-13)10-15/h4-6,9,16H,3,7-8,11H2,1-2H3. The molecule has 0 saturated carbocycles. The molecule has 0 aliphatic carbocycles. The van der Waals surface area contributed by atoms with Gasteiger partial charge in [-0.1, -0.05) is 19.1 Å². The first kappa shape index (κ1) is 14.2. The van der Waals surface area contributed by atoms with Gasteiger partial charge in [-0.2, -0.15) is 5.26 Å². The van der Waals surface area contributed by atoms with Gasteiger partial charge in [0.15, 0.2) is 0 Å². The molecule has 1 amide bonds. The number of nitrogens with one attached hydrogen (secondary N) is 1. The summed E-state index contributed by atoms with van der Waals surface area (Å²) in [5.74, 6) is 0.110. The Bertz CT molecular complexity index is 437. The molecule has 0 saturated heterocycles. The van der Waals surface area contributed by atoms with Gasteiger partial charge in [0.25, 0.3) is 0 Å². The molecular formula is C14H19N3O. The van der Waals surface area contributed by atoms with E-state index in [4.69, 9.17) is 5.26 Å². The summed E-state index contributed by atoms with van der Waals surface area (Å²) in [6.07, 6.45) is 0.502. The third-order valence-electron chi connectivity index (χ3n) is 2.67. The molecule has 1 N–H and O–H groups in total. The van der Waals surface area contributed by atoms with E-state index >= 15 is 0 Å². The molecule has 0 spiro atoms. The second-order valence-corrected chi connectivity index (χ2v) is 4.17. The minimum Gasteiger partial charge on any atom is -0.341 e. The first-order valence-electron chi connectivity index (χ1n) is 6.11. The Morgan fingerprint density at radius 3 is 2.94 bits per heavy atom. The number of nitriles is 1. The Hall–Kier alpha value is -1.86. The van der Waals surface area contributed by atoms with Crippen molar-refractivity contribution in [3.05, 3.63) is 35.4 Å². The van der Waals surface area contributed by atoms with E-state index in [9.17, 15) is 4.79 Å². The zero-order valence-electron chi connectivity index (χ0n) is 10.9. The van der Waals surface area contributed by atoms with Crippen LogP contribution >= 0.6 is 0 Å². The lowest BCUT2D eigenvalue weighted by molar-refractivity contribution is -0.130. The quantitative estimate of drug-likeness (QED) is 0.773. The molecule has 0 atom stereocenters. The van der Waals surface area contributed by atoms with Crippen molar-refractivity contribution in [2.45, 2.75) is 19.9 Å². The van der Waals surface area contributed by atoms with Crippen molar-refractivity contribution < 1.29 is 4.79 Å². The summed E-state index contributed by atoms with van der Waals surface area (Å²) in [5, 5.41) is 11.9. The van der Waals surface area contributed by atoms with E-state index < -0.39 is 0 Å². The average Bonchev–Trinajstić information content (AvgIpc) is 2.39. The monoisotopic (exact) mass is 245 g/mol. The van der Waals surface area contributed by atoms with Crippen molar-refractivity contribution in [1.29, 1.82) is 5.26 Å². The van der Waals surface area contributed by atoms with E-state index in [1.165, 1.54) is 0 Å². The maximum absolute atomic E-state index is 11.8. The minimum atomic E-state index is 0.110. The third-order valence-corrected chi connectivity index (χ3v) is 2.67. The summed E-state index contributed by atoms with van der Waals surface area (Å²) in [5.41, 5.74) is 1.61. The van der Waals surface area contributed by atoms with Gasteiger partial charge in [-0.25, -0.2) is 0 Å². The van der Waals surface area contributed by atoms with Gasteiger partial charge < -0.3 is 10.2 Å². The van der Waals surface area contributed by atoms with Crippen molar-refractivity contribution in [2.75, 3.05) is 20.1 Å². The molecule has 0 fully saturated rings. The van der Waals surface area contributed by atoms with Gasteiger partial charge in [-0.05, 0) is 24.2 Å². The van der Waals surface area contributed by atoms with Crippen LogP contribution in [-0.2, 0) is 11.3 Å². The second-order valence-electron chi connectivity index (χ2n) is 4.17. The lowest BCUT2D eigenvalue weighted by atomic mass is 10.1. The fourth-order valence-electron chi connectivity index (χ4n) is 1.66. The predicted octanol–water partition coefficient (Wildman–Crippen LogP) is 1.52. The van der Waals surface area contributed by atoms with Gasteiger partial charge in [-0.15, -0.1) is 0 Å². The lowest BCUT2D eigenvalue weighted by Crippen LogP contribution is -2.29. The van der Waals surface area contributed by atoms with Gasteiger partial charge in [0.05, 0.1) is 11.6 Å². The molecule has 0 unspecified atom stereocenters. The zero-order valence-corrected chi connectivity index (χ0v) is 10.9. The summed E-state index contributed by atoms with van der Waals surface area (Å²) in [6, 6.07) is 9.44. The van der Waals surface area contributed by atoms with Crippen molar-refractivity contribution in [2.24, 2.45) is 0 Å². The largest absolute Gasteiger partial charge is 0.341 e. The van der Waals surface area contributed by atoms with Crippen LogP contribution in [0.3, 0.4) is 0 Å². The van der Waals surface area contributed by atoms with Crippen molar-refractivity contribution >= 4 is 5.91 Å². The molecule has 1 aromatic carbocycles. The molecule has 1 rings (SSSR count). The van der Waals surface area contributed by atoms with Gasteiger partial charge in [0, 0.05) is 26.6 Å². The summed E-state index contributed by atoms with van der Waals surface area (Å²) in [6.45, 7) is 4.14. The van der Waals surface area contributed by atoms with Crippen LogP contribution in [0.2, 0.25) is 0 Å². The summed E-state index contributed by atoms with van der Waals surface area (Å²) in [7, 11) is 1.79. The highest BCUT2D eigenvalue weighted by atomic mass is 16.2. The van der Waals surface area contributed by atoms with Crippen LogP contribution in [0.1, 0.15) is 24.5 Å². The lowest BCUT2D eigenvalue weighted by Gasteiger charge is -2.17. The van der Waals surface area contributed by atoms with Crippen LogP contribution in [0.15, 0.2) is 24.3 Å². The number of amides is 1. The summed E-state index contributed by atoms with van der Waals surface area (Å²) >= 11 is 0. The highest BCUT2D eigenvalue weighted by molar-refractivity contribution is 5.76. The van der Waals surface area contributed by atoms with Crippen LogP contribution in [0.4, 0.5) is 0 Å². The third kappa shape index (κ3) is 4.56. The zero-order chi connectivity index (χ0) is 13.4. The van der Waals surface area contributed by atoms with Gasteiger partial charge in [-0.3, -0.25) is 4.79 Å². The number of rotatable bonds is 6. The topological polar surface area (TPSA) is 56.1 Å². The number of carbonyl (C=O) groups excluding carboxylic acids is 1. The van der Waals surface area contributed by atoms with Crippen LogP contribution in [0.25, 0.3) is 0 Å². The number of benzene rings is 1. The van der Waals surface area contributed by atoms with Crippen LogP contribution in [-0.4, -0.2) is 30.9 Å². The SMILES string of the molecule is CCNCCC(=O)N(C)Cc1cccc(C#N)c1. The Morgan fingerprint density at radius 2 is 2.28 bits per heavy atom. The van der Waals surface area contributed by atoms with E-state index in [1.54, 1.807) is 18.0 Å². The summed E-state index contributed by atoms with van der Waals surface area (Å²) in [4.78, 5) is 13.5. The first-order chi connectivity index (χ1) is 8.67. The molecule has 96 valence electrons. The van der Waals surface area contributed by atoms with Crippen LogP contribution in [0.5, 0.6) is 0 Å². The molecule has 0 aromatic heterocycles. The van der Waals surface area contributed by atoms with E-state index in [0.29, 0.717) is 25.1 Å². The average molecular weight is 245 g/mol. The smallest absolute Gasteiger partial charge is 0.223 e. The number of hydrogen-bond acceptors (Lipinski definition) is 3. The Kier molecular flexibility index (Phi) is 5.89. The molecular weight excluding hydrogens is 226 g/mol. The van der Waals surface area contributed by atoms with E-state index in [-0.39, 0.29) is 5.91 Å². The molecule has 0 heterocycles. The Morgan fingerprint density at radius 1 is 1.50 bits per heavy atom. The maximum atomic E-state index is 11.8. The molecule has 4 heteroatoms. The molecule has 0 radical (unpaired) electrons. The summed E-state index contributed by atoms with van der Waals surface area (Å²) < 4.78 is 0. The first-order valence-corrected chi connectivity index (χ1v) is 6.11. The fraction of sp³-hybridized carbons (Fsp3) is 0.429. The second kappa shape index (κ2) is 7.46. The normalized spacial score (nSPS) is 9.83. The van der Waals surface area contributed by atoms with Crippen LogP contribution in [0, 0.1) is 11.3 Å². The Balaban J connectivity index is 2.50. The van der Waals surface area contributed by atoms with E-state index in [2.05, 4.69) is 11.4 Å². The van der Waals surface area contributed by atoms with Gasteiger partial charge in [0.2, 0.25) is 5.91 Å². The fourth-order valence-corrected chi connectivity index (χ4v) is 1.66. The van der Waals surface area contributed by atoms with Crippen LogP contribution < -0.4 is 5.32 Å². The molecule has 4 nitrogen and oxygen atoms in total. The Labute approximate surface area is 108 Å². The number of nitrogens with zero attached hydrogens (tertiary/aromatic N) is 2. The molecule has 0 bridgehead atoms. The molecule has 1 aromatic rings. The van der Waals surface area contributed by atoms with Crippen molar-refractivity contribution in [3.63, 3.8) is 0 Å².